The molecule has 1 aliphatic rings. The quantitative estimate of drug-likeness (QED) is 0.825. The number of nitrogens with one attached hydrogen (secondary N) is 1. The van der Waals surface area contributed by atoms with E-state index < -0.39 is 0 Å². The maximum atomic E-state index is 12.1. The fourth-order valence-corrected chi connectivity index (χ4v) is 2.81. The second kappa shape index (κ2) is 7.80. The monoisotopic (exact) mass is 372 g/mol. The molecule has 2 amide bonds. The fourth-order valence-electron chi connectivity index (χ4n) is 2.38. The Balaban J connectivity index is 1.82. The molecule has 0 radical (unpaired) electrons. The molecule has 1 aromatic carbocycles. The van der Waals surface area contributed by atoms with E-state index in [2.05, 4.69) is 21.2 Å². The lowest BCUT2D eigenvalue weighted by molar-refractivity contribution is -0.131. The maximum absolute atomic E-state index is 12.1. The molecule has 0 atom stereocenters. The van der Waals surface area contributed by atoms with Crippen molar-refractivity contribution in [2.24, 2.45) is 0 Å². The van der Waals surface area contributed by atoms with Gasteiger partial charge >= 0.3 is 0 Å². The summed E-state index contributed by atoms with van der Waals surface area (Å²) in [4.78, 5) is 25.7. The zero-order valence-electron chi connectivity index (χ0n) is 11.6. The average molecular weight is 374 g/mol. The highest BCUT2D eigenvalue weighted by molar-refractivity contribution is 9.10. The molecule has 1 fully saturated rings. The third-order valence-electron chi connectivity index (χ3n) is 3.60. The average Bonchev–Trinajstić information content (AvgIpc) is 2.49. The molecular weight excluding hydrogens is 356 g/mol. The highest BCUT2D eigenvalue weighted by Gasteiger charge is 2.23. The van der Waals surface area contributed by atoms with Gasteiger partial charge in [-0.1, -0.05) is 15.9 Å². The van der Waals surface area contributed by atoms with Gasteiger partial charge in [0.05, 0.1) is 0 Å². The second-order valence-electron chi connectivity index (χ2n) is 5.07. The lowest BCUT2D eigenvalue weighted by Crippen LogP contribution is -2.46. The number of benzene rings is 1. The predicted molar refractivity (Wildman–Crippen MR) is 86.5 cm³/mol. The number of hydrogen-bond donors (Lipinski definition) is 1. The smallest absolute Gasteiger partial charge is 0.251 e. The van der Waals surface area contributed by atoms with Crippen molar-refractivity contribution in [3.05, 3.63) is 34.3 Å². The minimum Gasteiger partial charge on any atom is -0.349 e. The topological polar surface area (TPSA) is 49.4 Å². The van der Waals surface area contributed by atoms with Gasteiger partial charge in [0.1, 0.15) is 0 Å². The molecule has 21 heavy (non-hydrogen) atoms. The van der Waals surface area contributed by atoms with E-state index in [1.165, 1.54) is 0 Å². The van der Waals surface area contributed by atoms with Crippen molar-refractivity contribution in [3.63, 3.8) is 0 Å². The molecule has 1 heterocycles. The minimum atomic E-state index is -0.0620. The van der Waals surface area contributed by atoms with E-state index in [1.54, 1.807) is 12.1 Å². The molecule has 4 nitrogen and oxygen atoms in total. The van der Waals surface area contributed by atoms with Crippen LogP contribution >= 0.6 is 27.5 Å². The number of carbonyl (C=O) groups excluding carboxylic acids is 2. The molecule has 1 aromatic rings. The third-order valence-corrected chi connectivity index (χ3v) is 4.32. The number of likely N-dealkylation sites (tertiary alicyclic amines) is 1. The van der Waals surface area contributed by atoms with Gasteiger partial charge in [0, 0.05) is 41.5 Å². The number of hydrogen-bond acceptors (Lipinski definition) is 2. The van der Waals surface area contributed by atoms with Crippen LogP contribution < -0.4 is 5.32 Å². The van der Waals surface area contributed by atoms with Crippen molar-refractivity contribution in [3.8, 4) is 0 Å². The van der Waals surface area contributed by atoms with Crippen LogP contribution in [0.5, 0.6) is 0 Å². The van der Waals surface area contributed by atoms with Gasteiger partial charge in [-0.05, 0) is 37.1 Å². The molecule has 1 saturated heterocycles. The van der Waals surface area contributed by atoms with Crippen molar-refractivity contribution < 1.29 is 9.59 Å². The van der Waals surface area contributed by atoms with Crippen LogP contribution in [0, 0.1) is 0 Å². The second-order valence-corrected chi connectivity index (χ2v) is 6.37. The predicted octanol–water partition coefficient (Wildman–Crippen LogP) is 2.80. The number of rotatable bonds is 4. The molecular formula is C15H18BrClN2O2. The third kappa shape index (κ3) is 4.71. The molecule has 0 unspecified atom stereocenters. The number of carbonyl (C=O) groups is 2. The van der Waals surface area contributed by atoms with Crippen LogP contribution in [-0.2, 0) is 4.79 Å². The zero-order valence-corrected chi connectivity index (χ0v) is 14.0. The summed E-state index contributed by atoms with van der Waals surface area (Å²) >= 11 is 8.93. The molecule has 0 saturated carbocycles. The number of alkyl halides is 1. The first-order valence-electron chi connectivity index (χ1n) is 7.00. The Morgan fingerprint density at radius 1 is 1.24 bits per heavy atom. The van der Waals surface area contributed by atoms with Crippen LogP contribution in [0.15, 0.2) is 28.7 Å². The summed E-state index contributed by atoms with van der Waals surface area (Å²) in [6.45, 7) is 1.36. The first-order chi connectivity index (χ1) is 10.1. The summed E-state index contributed by atoms with van der Waals surface area (Å²) in [5.41, 5.74) is 0.652. The SMILES string of the molecule is O=C(NC1CCN(C(=O)CCCl)CC1)c1ccc(Br)cc1. The summed E-state index contributed by atoms with van der Waals surface area (Å²) < 4.78 is 0.949. The van der Waals surface area contributed by atoms with Crippen LogP contribution in [0.25, 0.3) is 0 Å². The molecule has 0 spiro atoms. The number of amides is 2. The lowest BCUT2D eigenvalue weighted by atomic mass is 10.0. The van der Waals surface area contributed by atoms with Gasteiger partial charge in [-0.2, -0.15) is 0 Å². The van der Waals surface area contributed by atoms with E-state index in [0.717, 1.165) is 17.3 Å². The van der Waals surface area contributed by atoms with Crippen molar-refractivity contribution in [2.45, 2.75) is 25.3 Å². The molecule has 1 aliphatic heterocycles. The Labute approximate surface area is 138 Å². The molecule has 114 valence electrons. The van der Waals surface area contributed by atoms with Gasteiger partial charge in [0.15, 0.2) is 0 Å². The molecule has 0 aromatic heterocycles. The van der Waals surface area contributed by atoms with E-state index in [4.69, 9.17) is 11.6 Å². The normalized spacial score (nSPS) is 15.8. The largest absolute Gasteiger partial charge is 0.349 e. The van der Waals surface area contributed by atoms with Crippen LogP contribution in [0.2, 0.25) is 0 Å². The Hall–Kier alpha value is -1.07. The van der Waals surface area contributed by atoms with Crippen LogP contribution in [0.3, 0.4) is 0 Å². The Morgan fingerprint density at radius 3 is 2.43 bits per heavy atom. The first-order valence-corrected chi connectivity index (χ1v) is 8.33. The summed E-state index contributed by atoms with van der Waals surface area (Å²) in [5.74, 6) is 0.398. The van der Waals surface area contributed by atoms with Crippen LogP contribution in [0.1, 0.15) is 29.6 Å². The molecule has 2 rings (SSSR count). The number of halogens is 2. The number of nitrogens with zero attached hydrogens (tertiary/aromatic N) is 1. The summed E-state index contributed by atoms with van der Waals surface area (Å²) in [6, 6.07) is 7.41. The highest BCUT2D eigenvalue weighted by atomic mass is 79.9. The standard InChI is InChI=1S/C15H18BrClN2O2/c16-12-3-1-11(2-4-12)15(21)18-13-6-9-19(10-7-13)14(20)5-8-17/h1-4,13H,5-10H2,(H,18,21). The molecule has 0 aliphatic carbocycles. The number of piperidine rings is 1. The Morgan fingerprint density at radius 2 is 1.86 bits per heavy atom. The lowest BCUT2D eigenvalue weighted by Gasteiger charge is -2.32. The van der Waals surface area contributed by atoms with E-state index >= 15 is 0 Å². The molecule has 0 bridgehead atoms. The van der Waals surface area contributed by atoms with Crippen LogP contribution in [-0.4, -0.2) is 41.7 Å². The van der Waals surface area contributed by atoms with Crippen molar-refractivity contribution in [2.75, 3.05) is 19.0 Å². The van der Waals surface area contributed by atoms with Gasteiger partial charge in [0.25, 0.3) is 5.91 Å². The van der Waals surface area contributed by atoms with Crippen LogP contribution in [0.4, 0.5) is 0 Å². The Bertz CT molecular complexity index is 499. The summed E-state index contributed by atoms with van der Waals surface area (Å²) in [5, 5.41) is 3.03. The summed E-state index contributed by atoms with van der Waals surface area (Å²) in [7, 11) is 0. The maximum Gasteiger partial charge on any atom is 0.251 e. The van der Waals surface area contributed by atoms with Crippen molar-refractivity contribution >= 4 is 39.3 Å². The van der Waals surface area contributed by atoms with Gasteiger partial charge in [-0.3, -0.25) is 9.59 Å². The van der Waals surface area contributed by atoms with E-state index in [1.807, 2.05) is 17.0 Å². The zero-order chi connectivity index (χ0) is 15.2. The van der Waals surface area contributed by atoms with Gasteiger partial charge in [-0.15, -0.1) is 11.6 Å². The van der Waals surface area contributed by atoms with Gasteiger partial charge in [-0.25, -0.2) is 0 Å². The van der Waals surface area contributed by atoms with E-state index in [0.29, 0.717) is 31.0 Å². The van der Waals surface area contributed by atoms with Gasteiger partial charge < -0.3 is 10.2 Å². The minimum absolute atomic E-state index is 0.0620. The van der Waals surface area contributed by atoms with E-state index in [9.17, 15) is 9.59 Å². The summed E-state index contributed by atoms with van der Waals surface area (Å²) in [6.07, 6.45) is 1.96. The van der Waals surface area contributed by atoms with Crippen molar-refractivity contribution in [1.82, 2.24) is 10.2 Å². The van der Waals surface area contributed by atoms with Crippen molar-refractivity contribution in [1.29, 1.82) is 0 Å². The molecule has 6 heteroatoms. The first kappa shape index (κ1) is 16.3. The molecule has 1 N–H and O–H groups in total. The Kier molecular flexibility index (Phi) is 6.06. The highest BCUT2D eigenvalue weighted by Crippen LogP contribution is 2.14. The van der Waals surface area contributed by atoms with E-state index in [-0.39, 0.29) is 17.9 Å². The fraction of sp³-hybridized carbons (Fsp3) is 0.467. The van der Waals surface area contributed by atoms with Gasteiger partial charge in [0.2, 0.25) is 5.91 Å².